The van der Waals surface area contributed by atoms with Gasteiger partial charge in [0.2, 0.25) is 5.91 Å². The zero-order chi connectivity index (χ0) is 11.4. The van der Waals surface area contributed by atoms with E-state index in [2.05, 4.69) is 5.32 Å². The van der Waals surface area contributed by atoms with Crippen molar-refractivity contribution in [2.24, 2.45) is 5.73 Å². The van der Waals surface area contributed by atoms with Crippen molar-refractivity contribution >= 4 is 17.3 Å². The number of nitrogens with zero attached hydrogens (tertiary/aromatic N) is 1. The molecular weight excluding hydrogens is 190 g/mol. The number of primary amides is 1. The first-order valence-corrected chi connectivity index (χ1v) is 4.84. The molecule has 0 radical (unpaired) electrons. The molecule has 4 heteroatoms. The maximum atomic E-state index is 10.9. The first kappa shape index (κ1) is 11.4. The predicted octanol–water partition coefficient (Wildman–Crippen LogP) is 1.04. The van der Waals surface area contributed by atoms with Crippen LogP contribution in [0.15, 0.2) is 24.3 Å². The minimum absolute atomic E-state index is 0.356. The number of anilines is 2. The predicted molar refractivity (Wildman–Crippen MR) is 63.0 cm³/mol. The zero-order valence-corrected chi connectivity index (χ0v) is 9.32. The zero-order valence-electron chi connectivity index (χ0n) is 9.32. The molecule has 0 spiro atoms. The van der Waals surface area contributed by atoms with Crippen LogP contribution in [0.5, 0.6) is 0 Å². The Hall–Kier alpha value is -1.71. The van der Waals surface area contributed by atoms with Gasteiger partial charge in [-0.3, -0.25) is 4.79 Å². The molecule has 0 saturated heterocycles. The molecule has 0 fully saturated rings. The van der Waals surface area contributed by atoms with Crippen molar-refractivity contribution in [1.29, 1.82) is 0 Å². The van der Waals surface area contributed by atoms with Crippen molar-refractivity contribution in [3.63, 3.8) is 0 Å². The highest BCUT2D eigenvalue weighted by atomic mass is 16.1. The molecule has 15 heavy (non-hydrogen) atoms. The molecule has 0 saturated carbocycles. The van der Waals surface area contributed by atoms with E-state index in [4.69, 9.17) is 5.73 Å². The smallest absolute Gasteiger partial charge is 0.239 e. The molecule has 1 aromatic rings. The van der Waals surface area contributed by atoms with Gasteiger partial charge in [0.15, 0.2) is 0 Å². The van der Waals surface area contributed by atoms with Crippen LogP contribution in [-0.2, 0) is 4.79 Å². The highest BCUT2D eigenvalue weighted by molar-refractivity contribution is 5.82. The molecule has 0 bridgehead atoms. The number of carbonyl (C=O) groups excluding carboxylic acids is 1. The fourth-order valence-electron chi connectivity index (χ4n) is 1.19. The van der Waals surface area contributed by atoms with Gasteiger partial charge >= 0.3 is 0 Å². The summed E-state index contributed by atoms with van der Waals surface area (Å²) in [5.74, 6) is -0.356. The Bertz CT molecular complexity index is 349. The van der Waals surface area contributed by atoms with Crippen molar-refractivity contribution in [3.8, 4) is 0 Å². The van der Waals surface area contributed by atoms with Crippen LogP contribution in [-0.4, -0.2) is 26.0 Å². The van der Waals surface area contributed by atoms with E-state index < -0.39 is 0 Å². The molecule has 0 aliphatic heterocycles. The summed E-state index contributed by atoms with van der Waals surface area (Å²) in [5.41, 5.74) is 7.15. The topological polar surface area (TPSA) is 58.4 Å². The molecule has 1 amide bonds. The Morgan fingerprint density at radius 3 is 2.67 bits per heavy atom. The number of hydrogen-bond donors (Lipinski definition) is 2. The van der Waals surface area contributed by atoms with E-state index >= 15 is 0 Å². The third-order valence-electron chi connectivity index (χ3n) is 2.17. The first-order chi connectivity index (χ1) is 7.00. The second kappa shape index (κ2) is 4.68. The van der Waals surface area contributed by atoms with Crippen molar-refractivity contribution in [3.05, 3.63) is 24.3 Å². The van der Waals surface area contributed by atoms with Crippen LogP contribution in [0.3, 0.4) is 0 Å². The Labute approximate surface area is 90.1 Å². The summed E-state index contributed by atoms with van der Waals surface area (Å²) in [6, 6.07) is 7.46. The summed E-state index contributed by atoms with van der Waals surface area (Å²) in [6.45, 7) is 1.74. The number of benzene rings is 1. The first-order valence-electron chi connectivity index (χ1n) is 4.84. The largest absolute Gasteiger partial charge is 0.378 e. The summed E-state index contributed by atoms with van der Waals surface area (Å²) in [5, 5.41) is 3.04. The second-order valence-corrected chi connectivity index (χ2v) is 3.71. The van der Waals surface area contributed by atoms with Crippen LogP contribution in [0.1, 0.15) is 6.92 Å². The van der Waals surface area contributed by atoms with Crippen molar-refractivity contribution in [2.45, 2.75) is 13.0 Å². The van der Waals surface area contributed by atoms with Crippen LogP contribution in [0.4, 0.5) is 11.4 Å². The SMILES string of the molecule is CC(Nc1cccc(N(C)C)c1)C(N)=O. The summed E-state index contributed by atoms with van der Waals surface area (Å²) < 4.78 is 0. The third kappa shape index (κ3) is 3.16. The number of nitrogens with two attached hydrogens (primary N) is 1. The van der Waals surface area contributed by atoms with E-state index in [1.54, 1.807) is 6.92 Å². The van der Waals surface area contributed by atoms with Crippen molar-refractivity contribution < 1.29 is 4.79 Å². The van der Waals surface area contributed by atoms with Crippen molar-refractivity contribution in [2.75, 3.05) is 24.3 Å². The van der Waals surface area contributed by atoms with Gasteiger partial charge in [-0.05, 0) is 25.1 Å². The lowest BCUT2D eigenvalue weighted by Gasteiger charge is -2.16. The minimum atomic E-state index is -0.359. The van der Waals surface area contributed by atoms with Gasteiger partial charge in [0, 0.05) is 25.5 Å². The molecule has 1 atom stereocenters. The lowest BCUT2D eigenvalue weighted by Crippen LogP contribution is -2.32. The molecule has 1 rings (SSSR count). The third-order valence-corrected chi connectivity index (χ3v) is 2.17. The van der Waals surface area contributed by atoms with Gasteiger partial charge in [-0.1, -0.05) is 6.07 Å². The van der Waals surface area contributed by atoms with Crippen LogP contribution >= 0.6 is 0 Å². The van der Waals surface area contributed by atoms with E-state index in [0.717, 1.165) is 11.4 Å². The molecule has 1 aromatic carbocycles. The Morgan fingerprint density at radius 2 is 2.13 bits per heavy atom. The standard InChI is InChI=1S/C11H17N3O/c1-8(11(12)15)13-9-5-4-6-10(7-9)14(2)3/h4-8,13H,1-3H3,(H2,12,15). The maximum Gasteiger partial charge on any atom is 0.239 e. The number of hydrogen-bond acceptors (Lipinski definition) is 3. The highest BCUT2D eigenvalue weighted by Gasteiger charge is 2.07. The minimum Gasteiger partial charge on any atom is -0.378 e. The molecule has 0 aliphatic rings. The molecule has 0 heterocycles. The molecular formula is C11H17N3O. The van der Waals surface area contributed by atoms with Gasteiger partial charge in [0.1, 0.15) is 6.04 Å². The van der Waals surface area contributed by atoms with Gasteiger partial charge in [0.05, 0.1) is 0 Å². The molecule has 1 unspecified atom stereocenters. The number of amides is 1. The fourth-order valence-corrected chi connectivity index (χ4v) is 1.19. The Kier molecular flexibility index (Phi) is 3.55. The number of nitrogens with one attached hydrogen (secondary N) is 1. The maximum absolute atomic E-state index is 10.9. The van der Waals surface area contributed by atoms with Gasteiger partial charge in [-0.25, -0.2) is 0 Å². The number of rotatable bonds is 4. The van der Waals surface area contributed by atoms with Gasteiger partial charge in [-0.15, -0.1) is 0 Å². The Morgan fingerprint density at radius 1 is 1.47 bits per heavy atom. The summed E-state index contributed by atoms with van der Waals surface area (Å²) in [4.78, 5) is 12.9. The summed E-state index contributed by atoms with van der Waals surface area (Å²) >= 11 is 0. The van der Waals surface area contributed by atoms with Crippen LogP contribution in [0.25, 0.3) is 0 Å². The van der Waals surface area contributed by atoms with Gasteiger partial charge < -0.3 is 16.0 Å². The van der Waals surface area contributed by atoms with E-state index in [-0.39, 0.29) is 11.9 Å². The van der Waals surface area contributed by atoms with Gasteiger partial charge in [-0.2, -0.15) is 0 Å². The molecule has 4 nitrogen and oxygen atoms in total. The monoisotopic (exact) mass is 207 g/mol. The molecule has 0 aliphatic carbocycles. The summed E-state index contributed by atoms with van der Waals surface area (Å²) in [6.07, 6.45) is 0. The highest BCUT2D eigenvalue weighted by Crippen LogP contribution is 2.17. The summed E-state index contributed by atoms with van der Waals surface area (Å²) in [7, 11) is 3.94. The molecule has 82 valence electrons. The van der Waals surface area contributed by atoms with Gasteiger partial charge in [0.25, 0.3) is 0 Å². The van der Waals surface area contributed by atoms with Crippen LogP contribution in [0.2, 0.25) is 0 Å². The number of carbonyl (C=O) groups is 1. The van der Waals surface area contributed by atoms with E-state index in [9.17, 15) is 4.79 Å². The average Bonchev–Trinajstić information content (AvgIpc) is 2.18. The normalized spacial score (nSPS) is 11.9. The van der Waals surface area contributed by atoms with Crippen LogP contribution in [0, 0.1) is 0 Å². The van der Waals surface area contributed by atoms with Crippen LogP contribution < -0.4 is 16.0 Å². The van der Waals surface area contributed by atoms with E-state index in [0.29, 0.717) is 0 Å². The molecule has 3 N–H and O–H groups in total. The quantitative estimate of drug-likeness (QED) is 0.775. The Balaban J connectivity index is 2.78. The lowest BCUT2D eigenvalue weighted by atomic mass is 10.2. The fraction of sp³-hybridized carbons (Fsp3) is 0.364. The van der Waals surface area contributed by atoms with E-state index in [1.807, 2.05) is 43.3 Å². The lowest BCUT2D eigenvalue weighted by molar-refractivity contribution is -0.118. The van der Waals surface area contributed by atoms with E-state index in [1.165, 1.54) is 0 Å². The average molecular weight is 207 g/mol. The molecule has 0 aromatic heterocycles. The van der Waals surface area contributed by atoms with Crippen molar-refractivity contribution in [1.82, 2.24) is 0 Å². The second-order valence-electron chi connectivity index (χ2n) is 3.71.